The van der Waals surface area contributed by atoms with E-state index in [4.69, 9.17) is 4.74 Å². The van der Waals surface area contributed by atoms with Crippen molar-refractivity contribution in [2.75, 3.05) is 0 Å². The van der Waals surface area contributed by atoms with Crippen LogP contribution in [0.25, 0.3) is 43.4 Å². The van der Waals surface area contributed by atoms with Gasteiger partial charge < -0.3 is 4.74 Å². The predicted molar refractivity (Wildman–Crippen MR) is 118 cm³/mol. The largest absolute Gasteiger partial charge is 0.482 e. The van der Waals surface area contributed by atoms with Crippen molar-refractivity contribution in [3.05, 3.63) is 90.5 Å². The number of hydrogen-bond donors (Lipinski definition) is 0. The first-order valence-electron chi connectivity index (χ1n) is 9.78. The lowest BCUT2D eigenvalue weighted by Crippen LogP contribution is -2.29. The van der Waals surface area contributed by atoms with Crippen LogP contribution in [0.3, 0.4) is 0 Å². The molecule has 1 aliphatic heterocycles. The molecule has 0 atom stereocenters. The maximum absolute atomic E-state index is 6.34. The Hall–Kier alpha value is -3.32. The molecule has 6 rings (SSSR count). The van der Waals surface area contributed by atoms with Crippen molar-refractivity contribution in [1.29, 1.82) is 0 Å². The van der Waals surface area contributed by atoms with Gasteiger partial charge in [-0.25, -0.2) is 0 Å². The summed E-state index contributed by atoms with van der Waals surface area (Å²) in [5.74, 6) is 0.964. The van der Waals surface area contributed by atoms with E-state index in [1.54, 1.807) is 0 Å². The quantitative estimate of drug-likeness (QED) is 0.261. The third-order valence-corrected chi connectivity index (χ3v) is 6.01. The van der Waals surface area contributed by atoms with Gasteiger partial charge in [0.15, 0.2) is 0 Å². The summed E-state index contributed by atoms with van der Waals surface area (Å²) in [5, 5.41) is 7.70. The molecule has 1 heteroatoms. The smallest absolute Gasteiger partial charge is 0.129 e. The summed E-state index contributed by atoms with van der Waals surface area (Å²) < 4.78 is 6.34. The Labute approximate surface area is 164 Å². The highest BCUT2D eigenvalue weighted by atomic mass is 16.5. The van der Waals surface area contributed by atoms with Crippen molar-refractivity contribution in [2.45, 2.75) is 19.4 Å². The van der Waals surface area contributed by atoms with Crippen LogP contribution in [0.5, 0.6) is 5.75 Å². The van der Waals surface area contributed by atoms with Gasteiger partial charge in [0.2, 0.25) is 0 Å². The molecule has 134 valence electrons. The van der Waals surface area contributed by atoms with Gasteiger partial charge in [0.1, 0.15) is 11.4 Å². The van der Waals surface area contributed by atoms with Gasteiger partial charge >= 0.3 is 0 Å². The lowest BCUT2D eigenvalue weighted by molar-refractivity contribution is 0.106. The second-order valence-corrected chi connectivity index (χ2v) is 8.22. The molecule has 1 heterocycles. The molecule has 0 unspecified atom stereocenters. The van der Waals surface area contributed by atoms with E-state index in [0.29, 0.717) is 0 Å². The fraction of sp³-hybridized carbons (Fsp3) is 0.111. The zero-order valence-corrected chi connectivity index (χ0v) is 16.0. The van der Waals surface area contributed by atoms with Crippen LogP contribution in [0, 0.1) is 0 Å². The Morgan fingerprint density at radius 3 is 2.04 bits per heavy atom. The van der Waals surface area contributed by atoms with E-state index in [9.17, 15) is 0 Å². The normalized spacial score (nSPS) is 14.6. The third-order valence-electron chi connectivity index (χ3n) is 6.01. The van der Waals surface area contributed by atoms with Crippen molar-refractivity contribution >= 4 is 32.3 Å². The van der Waals surface area contributed by atoms with Gasteiger partial charge in [-0.05, 0) is 76.5 Å². The first-order valence-corrected chi connectivity index (χ1v) is 9.78. The fourth-order valence-corrected chi connectivity index (χ4v) is 4.65. The van der Waals surface area contributed by atoms with Crippen LogP contribution >= 0.6 is 0 Å². The molecule has 1 nitrogen and oxygen atoms in total. The molecule has 0 N–H and O–H groups in total. The van der Waals surface area contributed by atoms with E-state index in [-0.39, 0.29) is 5.60 Å². The third kappa shape index (κ3) is 2.13. The zero-order chi connectivity index (χ0) is 18.9. The van der Waals surface area contributed by atoms with Crippen LogP contribution in [0.1, 0.15) is 19.4 Å². The molecule has 0 aromatic heterocycles. The number of ether oxygens (including phenoxy) is 1. The van der Waals surface area contributed by atoms with Crippen LogP contribution in [-0.4, -0.2) is 0 Å². The van der Waals surface area contributed by atoms with Crippen LogP contribution in [0.15, 0.2) is 84.9 Å². The van der Waals surface area contributed by atoms with Gasteiger partial charge in [0.25, 0.3) is 0 Å². The van der Waals surface area contributed by atoms with Gasteiger partial charge in [0.05, 0.1) is 0 Å². The lowest BCUT2D eigenvalue weighted by atomic mass is 9.82. The SMILES string of the molecule is CC1(C)Oc2ccccc2-c2c1ccc1cc3cc4ccccc4cc3cc21. The minimum Gasteiger partial charge on any atom is -0.482 e. The molecular weight excluding hydrogens is 340 g/mol. The fourth-order valence-electron chi connectivity index (χ4n) is 4.65. The van der Waals surface area contributed by atoms with Crippen LogP contribution < -0.4 is 4.74 Å². The number of fused-ring (bicyclic) bond motifs is 7. The summed E-state index contributed by atoms with van der Waals surface area (Å²) in [7, 11) is 0. The Balaban J connectivity index is 1.76. The molecular formula is C27H20O. The topological polar surface area (TPSA) is 9.23 Å². The molecule has 0 spiro atoms. The highest BCUT2D eigenvalue weighted by Gasteiger charge is 2.33. The molecule has 1 aliphatic rings. The second-order valence-electron chi connectivity index (χ2n) is 8.22. The van der Waals surface area contributed by atoms with Crippen LogP contribution in [-0.2, 0) is 5.60 Å². The maximum Gasteiger partial charge on any atom is 0.129 e. The first-order chi connectivity index (χ1) is 13.6. The Morgan fingerprint density at radius 2 is 1.25 bits per heavy atom. The Bertz CT molecular complexity index is 1410. The predicted octanol–water partition coefficient (Wildman–Crippen LogP) is 7.44. The van der Waals surface area contributed by atoms with Gasteiger partial charge in [0, 0.05) is 16.7 Å². The van der Waals surface area contributed by atoms with Crippen molar-refractivity contribution in [1.82, 2.24) is 0 Å². The molecule has 28 heavy (non-hydrogen) atoms. The van der Waals surface area contributed by atoms with E-state index in [1.807, 2.05) is 6.07 Å². The van der Waals surface area contributed by atoms with Crippen molar-refractivity contribution in [2.24, 2.45) is 0 Å². The minimum absolute atomic E-state index is 0.351. The molecule has 0 saturated heterocycles. The molecule has 0 aliphatic carbocycles. The van der Waals surface area contributed by atoms with E-state index in [0.717, 1.165) is 5.75 Å². The maximum atomic E-state index is 6.34. The van der Waals surface area contributed by atoms with Gasteiger partial charge in [-0.1, -0.05) is 54.6 Å². The summed E-state index contributed by atoms with van der Waals surface area (Å²) in [6.07, 6.45) is 0. The standard InChI is InChI=1S/C27H20O/c1-27(2)24-12-11-19-15-20-13-17-7-3-4-8-18(17)14-21(20)16-23(19)26(24)22-9-5-6-10-25(22)28-27/h3-16H,1-2H3. The van der Waals surface area contributed by atoms with E-state index < -0.39 is 0 Å². The number of benzene rings is 5. The molecule has 0 fully saturated rings. The van der Waals surface area contributed by atoms with E-state index in [1.165, 1.54) is 49.0 Å². The summed E-state index contributed by atoms with van der Waals surface area (Å²) >= 11 is 0. The average molecular weight is 360 g/mol. The van der Waals surface area contributed by atoms with E-state index >= 15 is 0 Å². The van der Waals surface area contributed by atoms with Crippen LogP contribution in [0.4, 0.5) is 0 Å². The number of rotatable bonds is 0. The van der Waals surface area contributed by atoms with Gasteiger partial charge in [-0.3, -0.25) is 0 Å². The molecule has 5 aromatic rings. The van der Waals surface area contributed by atoms with Gasteiger partial charge in [-0.15, -0.1) is 0 Å². The van der Waals surface area contributed by atoms with Crippen molar-refractivity contribution < 1.29 is 4.74 Å². The minimum atomic E-state index is -0.351. The highest BCUT2D eigenvalue weighted by molar-refractivity contribution is 6.10. The summed E-state index contributed by atoms with van der Waals surface area (Å²) in [6, 6.07) is 30.7. The van der Waals surface area contributed by atoms with Crippen LogP contribution in [0.2, 0.25) is 0 Å². The molecule has 0 radical (unpaired) electrons. The second kappa shape index (κ2) is 5.36. The van der Waals surface area contributed by atoms with Crippen molar-refractivity contribution in [3.63, 3.8) is 0 Å². The summed E-state index contributed by atoms with van der Waals surface area (Å²) in [6.45, 7) is 4.31. The monoisotopic (exact) mass is 360 g/mol. The van der Waals surface area contributed by atoms with E-state index in [2.05, 4.69) is 92.7 Å². The Morgan fingerprint density at radius 1 is 0.607 bits per heavy atom. The zero-order valence-electron chi connectivity index (χ0n) is 16.0. The molecule has 5 aromatic carbocycles. The van der Waals surface area contributed by atoms with Crippen molar-refractivity contribution in [3.8, 4) is 16.9 Å². The average Bonchev–Trinajstić information content (AvgIpc) is 2.70. The number of hydrogen-bond acceptors (Lipinski definition) is 1. The van der Waals surface area contributed by atoms with Gasteiger partial charge in [-0.2, -0.15) is 0 Å². The highest BCUT2D eigenvalue weighted by Crippen LogP contribution is 2.48. The Kier molecular flexibility index (Phi) is 3.01. The lowest BCUT2D eigenvalue weighted by Gasteiger charge is -2.35. The summed E-state index contributed by atoms with van der Waals surface area (Å²) in [4.78, 5) is 0. The number of para-hydroxylation sites is 1. The first kappa shape index (κ1) is 15.7. The molecule has 0 saturated carbocycles. The molecule has 0 bridgehead atoms. The summed E-state index contributed by atoms with van der Waals surface area (Å²) in [5.41, 5.74) is 3.39. The molecule has 0 amide bonds.